The summed E-state index contributed by atoms with van der Waals surface area (Å²) in [5.41, 5.74) is 0.565. The molecule has 12 heavy (non-hydrogen) atoms. The number of hydrogen-bond donors (Lipinski definition) is 0. The van der Waals surface area contributed by atoms with Gasteiger partial charge in [0.1, 0.15) is 0 Å². The minimum absolute atomic E-state index is 0.386. The van der Waals surface area contributed by atoms with Crippen LogP contribution in [0.1, 0.15) is 12.8 Å². The molecule has 1 unspecified atom stereocenters. The standard InChI is InChI=1S/C8H9NO3/c1-11-8(10)7-3-2-6(4-9)5-12-7/h5,7H,2-3H2,1H3. The van der Waals surface area contributed by atoms with Gasteiger partial charge in [-0.1, -0.05) is 0 Å². The van der Waals surface area contributed by atoms with Crippen molar-refractivity contribution in [2.45, 2.75) is 18.9 Å². The first kappa shape index (κ1) is 8.60. The predicted octanol–water partition coefficient (Wildman–Crippen LogP) is 0.746. The Morgan fingerprint density at radius 3 is 3.08 bits per heavy atom. The lowest BCUT2D eigenvalue weighted by molar-refractivity contribution is -0.151. The first-order chi connectivity index (χ1) is 5.77. The van der Waals surface area contributed by atoms with Crippen LogP contribution < -0.4 is 0 Å². The Bertz CT molecular complexity index is 252. The largest absolute Gasteiger partial charge is 0.485 e. The highest BCUT2D eigenvalue weighted by Crippen LogP contribution is 2.17. The van der Waals surface area contributed by atoms with Crippen LogP contribution in [0.25, 0.3) is 0 Å². The van der Waals surface area contributed by atoms with Crippen molar-refractivity contribution >= 4 is 5.97 Å². The van der Waals surface area contributed by atoms with Crippen LogP contribution in [0.2, 0.25) is 0 Å². The molecule has 0 N–H and O–H groups in total. The number of ether oxygens (including phenoxy) is 2. The second kappa shape index (κ2) is 3.77. The van der Waals surface area contributed by atoms with E-state index in [-0.39, 0.29) is 5.97 Å². The second-order valence-electron chi connectivity index (χ2n) is 2.44. The van der Waals surface area contributed by atoms with Crippen molar-refractivity contribution in [3.05, 3.63) is 11.8 Å². The molecule has 0 bridgehead atoms. The molecule has 0 aliphatic carbocycles. The summed E-state index contributed by atoms with van der Waals surface area (Å²) >= 11 is 0. The zero-order valence-corrected chi connectivity index (χ0v) is 6.74. The zero-order valence-electron chi connectivity index (χ0n) is 6.74. The maximum absolute atomic E-state index is 10.9. The summed E-state index contributed by atoms with van der Waals surface area (Å²) in [5, 5.41) is 8.46. The van der Waals surface area contributed by atoms with Crippen LogP contribution in [0, 0.1) is 11.3 Å². The molecule has 1 rings (SSSR count). The number of esters is 1. The molecule has 4 heteroatoms. The first-order valence-corrected chi connectivity index (χ1v) is 3.60. The Hall–Kier alpha value is -1.50. The molecule has 0 spiro atoms. The van der Waals surface area contributed by atoms with Crippen molar-refractivity contribution in [2.75, 3.05) is 7.11 Å². The molecular weight excluding hydrogens is 158 g/mol. The highest BCUT2D eigenvalue weighted by atomic mass is 16.6. The summed E-state index contributed by atoms with van der Waals surface area (Å²) < 4.78 is 9.46. The molecule has 4 nitrogen and oxygen atoms in total. The molecule has 0 saturated carbocycles. The Morgan fingerprint density at radius 1 is 1.92 bits per heavy atom. The third-order valence-corrected chi connectivity index (χ3v) is 1.66. The molecule has 1 aliphatic rings. The lowest BCUT2D eigenvalue weighted by Crippen LogP contribution is -2.26. The van der Waals surface area contributed by atoms with Gasteiger partial charge in [0.25, 0.3) is 0 Å². The predicted molar refractivity (Wildman–Crippen MR) is 39.8 cm³/mol. The third-order valence-electron chi connectivity index (χ3n) is 1.66. The summed E-state index contributed by atoms with van der Waals surface area (Å²) in [4.78, 5) is 10.9. The van der Waals surface area contributed by atoms with Crippen LogP contribution in [0.3, 0.4) is 0 Å². The van der Waals surface area contributed by atoms with Crippen LogP contribution in [-0.2, 0) is 14.3 Å². The average molecular weight is 167 g/mol. The van der Waals surface area contributed by atoms with Gasteiger partial charge >= 0.3 is 5.97 Å². The average Bonchev–Trinajstić information content (AvgIpc) is 2.17. The van der Waals surface area contributed by atoms with E-state index in [1.54, 1.807) is 0 Å². The number of nitrogens with zero attached hydrogens (tertiary/aromatic N) is 1. The molecule has 0 aromatic rings. The molecule has 0 aromatic carbocycles. The van der Waals surface area contributed by atoms with Gasteiger partial charge in [-0.2, -0.15) is 5.26 Å². The van der Waals surface area contributed by atoms with Crippen molar-refractivity contribution in [3.8, 4) is 6.07 Å². The number of nitriles is 1. The fraction of sp³-hybridized carbons (Fsp3) is 0.500. The van der Waals surface area contributed by atoms with Gasteiger partial charge in [-0.15, -0.1) is 0 Å². The summed E-state index contributed by atoms with van der Waals surface area (Å²) in [6, 6.07) is 1.97. The molecule has 1 aliphatic heterocycles. The molecule has 0 radical (unpaired) electrons. The van der Waals surface area contributed by atoms with E-state index in [1.165, 1.54) is 13.4 Å². The van der Waals surface area contributed by atoms with E-state index in [9.17, 15) is 4.79 Å². The van der Waals surface area contributed by atoms with E-state index in [4.69, 9.17) is 10.00 Å². The van der Waals surface area contributed by atoms with E-state index >= 15 is 0 Å². The number of allylic oxidation sites excluding steroid dienone is 1. The molecule has 1 heterocycles. The SMILES string of the molecule is COC(=O)C1CCC(C#N)=CO1. The van der Waals surface area contributed by atoms with Gasteiger partial charge in [0.2, 0.25) is 0 Å². The smallest absolute Gasteiger partial charge is 0.347 e. The lowest BCUT2D eigenvalue weighted by atomic mass is 10.1. The van der Waals surface area contributed by atoms with E-state index in [2.05, 4.69) is 4.74 Å². The monoisotopic (exact) mass is 167 g/mol. The fourth-order valence-electron chi connectivity index (χ4n) is 0.965. The number of hydrogen-bond acceptors (Lipinski definition) is 4. The Morgan fingerprint density at radius 2 is 2.67 bits per heavy atom. The highest BCUT2D eigenvalue weighted by Gasteiger charge is 2.23. The molecule has 0 fully saturated rings. The fourth-order valence-corrected chi connectivity index (χ4v) is 0.965. The molecule has 64 valence electrons. The normalized spacial score (nSPS) is 21.7. The van der Waals surface area contributed by atoms with Gasteiger partial charge in [0.05, 0.1) is 25.0 Å². The van der Waals surface area contributed by atoms with E-state index < -0.39 is 6.10 Å². The van der Waals surface area contributed by atoms with E-state index in [0.29, 0.717) is 18.4 Å². The number of carbonyl (C=O) groups is 1. The first-order valence-electron chi connectivity index (χ1n) is 3.60. The van der Waals surface area contributed by atoms with Crippen molar-refractivity contribution in [2.24, 2.45) is 0 Å². The molecule has 0 aromatic heterocycles. The number of methoxy groups -OCH3 is 1. The molecule has 0 amide bonds. The third kappa shape index (κ3) is 1.76. The summed E-state index contributed by atoms with van der Waals surface area (Å²) in [6.07, 6.45) is 1.89. The molecule has 0 saturated heterocycles. The van der Waals surface area contributed by atoms with Gasteiger partial charge in [-0.25, -0.2) is 4.79 Å². The zero-order chi connectivity index (χ0) is 8.97. The molecular formula is C8H9NO3. The van der Waals surface area contributed by atoms with Gasteiger partial charge < -0.3 is 9.47 Å². The van der Waals surface area contributed by atoms with Gasteiger partial charge in [-0.3, -0.25) is 0 Å². The summed E-state index contributed by atoms with van der Waals surface area (Å²) in [7, 11) is 1.31. The summed E-state index contributed by atoms with van der Waals surface area (Å²) in [5.74, 6) is -0.386. The Kier molecular flexibility index (Phi) is 2.70. The van der Waals surface area contributed by atoms with Crippen LogP contribution in [0.4, 0.5) is 0 Å². The van der Waals surface area contributed by atoms with Crippen molar-refractivity contribution in [3.63, 3.8) is 0 Å². The van der Waals surface area contributed by atoms with Crippen LogP contribution in [0.5, 0.6) is 0 Å². The minimum atomic E-state index is -0.535. The maximum atomic E-state index is 10.9. The van der Waals surface area contributed by atoms with Crippen molar-refractivity contribution in [1.29, 1.82) is 5.26 Å². The van der Waals surface area contributed by atoms with Crippen LogP contribution in [0.15, 0.2) is 11.8 Å². The lowest BCUT2D eigenvalue weighted by Gasteiger charge is -2.17. The van der Waals surface area contributed by atoms with Crippen LogP contribution in [-0.4, -0.2) is 19.2 Å². The van der Waals surface area contributed by atoms with Gasteiger partial charge in [0, 0.05) is 6.42 Å². The van der Waals surface area contributed by atoms with E-state index in [0.717, 1.165) is 0 Å². The summed E-state index contributed by atoms with van der Waals surface area (Å²) in [6.45, 7) is 0. The van der Waals surface area contributed by atoms with Gasteiger partial charge in [-0.05, 0) is 6.42 Å². The Labute approximate surface area is 70.4 Å². The number of rotatable bonds is 1. The van der Waals surface area contributed by atoms with Gasteiger partial charge in [0.15, 0.2) is 6.10 Å². The Balaban J connectivity index is 2.53. The van der Waals surface area contributed by atoms with Crippen molar-refractivity contribution < 1.29 is 14.3 Å². The minimum Gasteiger partial charge on any atom is -0.485 e. The molecule has 1 atom stereocenters. The van der Waals surface area contributed by atoms with Crippen molar-refractivity contribution in [1.82, 2.24) is 0 Å². The highest BCUT2D eigenvalue weighted by molar-refractivity contribution is 5.74. The second-order valence-corrected chi connectivity index (χ2v) is 2.44. The van der Waals surface area contributed by atoms with Crippen LogP contribution >= 0.6 is 0 Å². The maximum Gasteiger partial charge on any atom is 0.347 e. The quantitative estimate of drug-likeness (QED) is 0.540. The van der Waals surface area contributed by atoms with E-state index in [1.807, 2.05) is 6.07 Å². The number of carbonyl (C=O) groups excluding carboxylic acids is 1. The topological polar surface area (TPSA) is 59.3 Å².